The van der Waals surface area contributed by atoms with Crippen LogP contribution in [0.3, 0.4) is 0 Å². The average Bonchev–Trinajstić information content (AvgIpc) is 3.44. The number of aryl methyl sites for hydroxylation is 1. The molecule has 8 heteroatoms. The minimum atomic E-state index is -0.373. The number of hydrogen-bond acceptors (Lipinski definition) is 7. The second-order valence-electron chi connectivity index (χ2n) is 7.15. The Kier molecular flexibility index (Phi) is 8.61. The molecule has 1 atom stereocenters. The number of fused-ring (bicyclic) bond motifs is 1. The van der Waals surface area contributed by atoms with Crippen molar-refractivity contribution in [2.75, 3.05) is 26.2 Å². The molecule has 3 aromatic rings. The van der Waals surface area contributed by atoms with Crippen LogP contribution in [0.15, 0.2) is 47.1 Å². The summed E-state index contributed by atoms with van der Waals surface area (Å²) < 4.78 is 11.8. The van der Waals surface area contributed by atoms with E-state index < -0.39 is 0 Å². The summed E-state index contributed by atoms with van der Waals surface area (Å²) >= 11 is 1.64. The van der Waals surface area contributed by atoms with Gasteiger partial charge >= 0.3 is 5.97 Å². The zero-order valence-corrected chi connectivity index (χ0v) is 18.8. The molecule has 1 N–H and O–H groups in total. The van der Waals surface area contributed by atoms with Gasteiger partial charge in [0.25, 0.3) is 5.91 Å². The van der Waals surface area contributed by atoms with Crippen LogP contribution >= 0.6 is 11.3 Å². The van der Waals surface area contributed by atoms with Gasteiger partial charge in [-0.3, -0.25) is 14.5 Å². The summed E-state index contributed by atoms with van der Waals surface area (Å²) in [6.07, 6.45) is 3.25. The fourth-order valence-electron chi connectivity index (χ4n) is 3.45. The summed E-state index contributed by atoms with van der Waals surface area (Å²) in [5.41, 5.74) is 0.985. The third-order valence-electron chi connectivity index (χ3n) is 5.09. The lowest BCUT2D eigenvalue weighted by Crippen LogP contribution is -2.39. The van der Waals surface area contributed by atoms with E-state index in [0.29, 0.717) is 13.0 Å². The maximum Gasteiger partial charge on any atom is 0.306 e. The molecular formula is C23H29N3O4S. The maximum atomic E-state index is 12.2. The van der Waals surface area contributed by atoms with Crippen molar-refractivity contribution in [3.63, 3.8) is 0 Å². The number of amides is 1. The number of para-hydroxylation sites is 1. The molecule has 7 nitrogen and oxygen atoms in total. The molecule has 0 aliphatic heterocycles. The molecule has 2 heterocycles. The number of thiazole rings is 1. The van der Waals surface area contributed by atoms with E-state index in [1.54, 1.807) is 17.6 Å². The van der Waals surface area contributed by atoms with Crippen molar-refractivity contribution in [1.29, 1.82) is 0 Å². The number of ether oxygens (including phenoxy) is 1. The minimum Gasteiger partial charge on any atom is -0.468 e. The summed E-state index contributed by atoms with van der Waals surface area (Å²) in [4.78, 5) is 30.9. The zero-order valence-electron chi connectivity index (χ0n) is 18.0. The second-order valence-corrected chi connectivity index (χ2v) is 8.26. The van der Waals surface area contributed by atoms with Crippen molar-refractivity contribution >= 4 is 33.4 Å². The number of carbonyl (C=O) groups excluding carboxylic acids is 2. The summed E-state index contributed by atoms with van der Waals surface area (Å²) in [5.74, 6) is 0.113. The van der Waals surface area contributed by atoms with Crippen LogP contribution in [0.2, 0.25) is 0 Å². The topological polar surface area (TPSA) is 84.7 Å². The van der Waals surface area contributed by atoms with Crippen molar-refractivity contribution in [2.24, 2.45) is 0 Å². The highest BCUT2D eigenvalue weighted by atomic mass is 32.1. The standard InChI is InChI=1S/C23H29N3O4S/c1-3-26(4-2)18(19-10-8-14-29-19)15-24-21(27)16-30-23(28)13-7-12-22-25-17-9-5-6-11-20(17)31-22/h5-6,8-11,14,18H,3-4,7,12-13,15-16H2,1-2H3,(H,24,27). The van der Waals surface area contributed by atoms with Gasteiger partial charge in [0.15, 0.2) is 6.61 Å². The van der Waals surface area contributed by atoms with Crippen LogP contribution in [0, 0.1) is 0 Å². The monoisotopic (exact) mass is 443 g/mol. The Labute approximate surface area is 186 Å². The first-order chi connectivity index (χ1) is 15.1. The van der Waals surface area contributed by atoms with Gasteiger partial charge in [0, 0.05) is 13.0 Å². The zero-order chi connectivity index (χ0) is 22.1. The molecule has 0 saturated carbocycles. The van der Waals surface area contributed by atoms with Gasteiger partial charge < -0.3 is 14.5 Å². The molecule has 31 heavy (non-hydrogen) atoms. The third-order valence-corrected chi connectivity index (χ3v) is 6.19. The van der Waals surface area contributed by atoms with Crippen molar-refractivity contribution in [2.45, 2.75) is 39.2 Å². The number of rotatable bonds is 12. The van der Waals surface area contributed by atoms with E-state index in [2.05, 4.69) is 29.0 Å². The highest BCUT2D eigenvalue weighted by Gasteiger charge is 2.21. The first-order valence-corrected chi connectivity index (χ1v) is 11.5. The van der Waals surface area contributed by atoms with Crippen LogP contribution in [0.4, 0.5) is 0 Å². The van der Waals surface area contributed by atoms with Crippen LogP contribution in [0.1, 0.15) is 43.5 Å². The SMILES string of the molecule is CCN(CC)C(CNC(=O)COC(=O)CCCc1nc2ccccc2s1)c1ccco1. The molecule has 166 valence electrons. The lowest BCUT2D eigenvalue weighted by molar-refractivity contribution is -0.148. The lowest BCUT2D eigenvalue weighted by atomic mass is 10.2. The van der Waals surface area contributed by atoms with Gasteiger partial charge in [-0.15, -0.1) is 11.3 Å². The maximum absolute atomic E-state index is 12.2. The molecule has 1 unspecified atom stereocenters. The Balaban J connectivity index is 1.37. The Morgan fingerprint density at radius 1 is 1.19 bits per heavy atom. The van der Waals surface area contributed by atoms with Crippen LogP contribution < -0.4 is 5.32 Å². The number of carbonyl (C=O) groups is 2. The summed E-state index contributed by atoms with van der Waals surface area (Å²) in [7, 11) is 0. The van der Waals surface area contributed by atoms with Crippen molar-refractivity contribution in [3.05, 3.63) is 53.4 Å². The number of nitrogens with zero attached hydrogens (tertiary/aromatic N) is 2. The molecule has 0 saturated heterocycles. The van der Waals surface area contributed by atoms with Crippen molar-refractivity contribution in [3.8, 4) is 0 Å². The third kappa shape index (κ3) is 6.63. The highest BCUT2D eigenvalue weighted by molar-refractivity contribution is 7.18. The first-order valence-electron chi connectivity index (χ1n) is 10.6. The van der Waals surface area contributed by atoms with E-state index in [1.807, 2.05) is 36.4 Å². The Morgan fingerprint density at radius 2 is 2.00 bits per heavy atom. The van der Waals surface area contributed by atoms with Gasteiger partial charge in [0.05, 0.1) is 27.5 Å². The van der Waals surface area contributed by atoms with Gasteiger partial charge in [-0.2, -0.15) is 0 Å². The number of benzene rings is 1. The van der Waals surface area contributed by atoms with Crippen LogP contribution in [0.25, 0.3) is 10.2 Å². The molecule has 0 spiro atoms. The van der Waals surface area contributed by atoms with E-state index in [4.69, 9.17) is 9.15 Å². The molecular weight excluding hydrogens is 414 g/mol. The van der Waals surface area contributed by atoms with Crippen LogP contribution in [-0.4, -0.2) is 48.0 Å². The highest BCUT2D eigenvalue weighted by Crippen LogP contribution is 2.23. The fourth-order valence-corrected chi connectivity index (χ4v) is 4.45. The summed E-state index contributed by atoms with van der Waals surface area (Å²) in [6, 6.07) is 11.7. The molecule has 1 amide bonds. The number of esters is 1. The molecule has 0 aliphatic rings. The Morgan fingerprint density at radius 3 is 2.71 bits per heavy atom. The summed E-state index contributed by atoms with van der Waals surface area (Å²) in [5, 5.41) is 3.85. The van der Waals surface area contributed by atoms with E-state index in [-0.39, 0.29) is 30.9 Å². The van der Waals surface area contributed by atoms with E-state index in [9.17, 15) is 9.59 Å². The van der Waals surface area contributed by atoms with Gasteiger partial charge in [0.1, 0.15) is 5.76 Å². The second kappa shape index (κ2) is 11.6. The van der Waals surface area contributed by atoms with E-state index >= 15 is 0 Å². The summed E-state index contributed by atoms with van der Waals surface area (Å²) in [6.45, 7) is 5.92. The normalized spacial score (nSPS) is 12.2. The fraction of sp³-hybridized carbons (Fsp3) is 0.435. The minimum absolute atomic E-state index is 0.0570. The molecule has 2 aromatic heterocycles. The van der Waals surface area contributed by atoms with Gasteiger partial charge in [0.2, 0.25) is 0 Å². The Hall–Kier alpha value is -2.71. The Bertz CT molecular complexity index is 933. The van der Waals surface area contributed by atoms with Gasteiger partial charge in [-0.05, 0) is 50.2 Å². The van der Waals surface area contributed by atoms with Gasteiger partial charge in [-0.1, -0.05) is 26.0 Å². The van der Waals surface area contributed by atoms with E-state index in [1.165, 1.54) is 0 Å². The number of hydrogen-bond donors (Lipinski definition) is 1. The predicted octanol–water partition coefficient (Wildman–Crippen LogP) is 3.95. The smallest absolute Gasteiger partial charge is 0.306 e. The molecule has 0 radical (unpaired) electrons. The number of aromatic nitrogens is 1. The number of likely N-dealkylation sites (N-methyl/N-ethyl adjacent to an activating group) is 1. The molecule has 0 fully saturated rings. The molecule has 3 rings (SSSR count). The molecule has 0 aliphatic carbocycles. The predicted molar refractivity (Wildman–Crippen MR) is 121 cm³/mol. The molecule has 1 aromatic carbocycles. The van der Waals surface area contributed by atoms with E-state index in [0.717, 1.165) is 40.5 Å². The van der Waals surface area contributed by atoms with Gasteiger partial charge in [-0.25, -0.2) is 4.98 Å². The largest absolute Gasteiger partial charge is 0.468 e. The lowest BCUT2D eigenvalue weighted by Gasteiger charge is -2.28. The molecule has 0 bridgehead atoms. The van der Waals surface area contributed by atoms with Crippen LogP contribution in [-0.2, 0) is 20.7 Å². The average molecular weight is 444 g/mol. The number of nitrogens with one attached hydrogen (secondary N) is 1. The van der Waals surface area contributed by atoms with Crippen LogP contribution in [0.5, 0.6) is 0 Å². The number of furan rings is 1. The van der Waals surface area contributed by atoms with Crippen molar-refractivity contribution < 1.29 is 18.7 Å². The van der Waals surface area contributed by atoms with Crippen molar-refractivity contribution in [1.82, 2.24) is 15.2 Å². The first kappa shape index (κ1) is 23.0. The quantitative estimate of drug-likeness (QED) is 0.427.